The molecule has 1 aromatic rings. The van der Waals surface area contributed by atoms with Gasteiger partial charge in [-0.1, -0.05) is 0 Å². The highest BCUT2D eigenvalue weighted by molar-refractivity contribution is 6.02. The van der Waals surface area contributed by atoms with E-state index in [1.807, 2.05) is 7.05 Å². The number of rotatable bonds is 6. The van der Waals surface area contributed by atoms with Crippen LogP contribution >= 0.6 is 12.4 Å². The van der Waals surface area contributed by atoms with E-state index in [4.69, 9.17) is 14.6 Å². The second-order valence-electron chi connectivity index (χ2n) is 6.01. The van der Waals surface area contributed by atoms with Crippen LogP contribution in [0, 0.1) is 0 Å². The maximum Gasteiger partial charge on any atom is 0.328 e. The van der Waals surface area contributed by atoms with Crippen molar-refractivity contribution >= 4 is 30.4 Å². The summed E-state index contributed by atoms with van der Waals surface area (Å²) in [4.78, 5) is 27.7. The quantitative estimate of drug-likeness (QED) is 0.584. The van der Waals surface area contributed by atoms with Gasteiger partial charge in [0.25, 0.3) is 5.91 Å². The molecule has 1 aromatic carbocycles. The van der Waals surface area contributed by atoms with Gasteiger partial charge in [0, 0.05) is 43.9 Å². The summed E-state index contributed by atoms with van der Waals surface area (Å²) in [5.41, 5.74) is 0.987. The molecule has 0 atom stereocenters. The van der Waals surface area contributed by atoms with Crippen LogP contribution in [0.3, 0.4) is 0 Å². The number of aliphatic carboxylic acids is 1. The Morgan fingerprint density at radius 3 is 2.04 bits per heavy atom. The molecule has 1 amide bonds. The van der Waals surface area contributed by atoms with E-state index in [2.05, 4.69) is 4.90 Å². The maximum atomic E-state index is 12.9. The maximum absolute atomic E-state index is 12.9. The van der Waals surface area contributed by atoms with Crippen LogP contribution in [0.15, 0.2) is 35.9 Å². The molecule has 148 valence electrons. The highest BCUT2D eigenvalue weighted by Gasteiger charge is 2.21. The minimum absolute atomic E-state index is 0. The second-order valence-corrected chi connectivity index (χ2v) is 6.01. The molecule has 27 heavy (non-hydrogen) atoms. The van der Waals surface area contributed by atoms with Crippen molar-refractivity contribution in [2.45, 2.75) is 0 Å². The van der Waals surface area contributed by atoms with Gasteiger partial charge in [0.05, 0.1) is 14.2 Å². The summed E-state index contributed by atoms with van der Waals surface area (Å²) in [5.74, 6) is -0.129. The molecule has 0 bridgehead atoms. The summed E-state index contributed by atoms with van der Waals surface area (Å²) in [6.07, 6.45) is 3.94. The number of nitrogens with zero attached hydrogens (tertiary/aromatic N) is 2. The van der Waals surface area contributed by atoms with Crippen molar-refractivity contribution in [3.05, 3.63) is 41.5 Å². The smallest absolute Gasteiger partial charge is 0.328 e. The average molecular weight is 397 g/mol. The normalized spacial score (nSPS) is 15.4. The first kappa shape index (κ1) is 22.5. The number of methoxy groups -OCH3 is 2. The zero-order valence-corrected chi connectivity index (χ0v) is 16.5. The molecule has 1 N–H and O–H groups in total. The van der Waals surface area contributed by atoms with Gasteiger partial charge in [-0.15, -0.1) is 12.4 Å². The first-order chi connectivity index (χ1) is 12.4. The molecule has 1 fully saturated rings. The molecular formula is C19H25ClN2O5. The minimum atomic E-state index is -1.11. The number of halogens is 1. The van der Waals surface area contributed by atoms with Gasteiger partial charge < -0.3 is 24.4 Å². The lowest BCUT2D eigenvalue weighted by atomic mass is 10.1. The van der Waals surface area contributed by atoms with E-state index in [1.54, 1.807) is 43.4 Å². The Morgan fingerprint density at radius 1 is 1.00 bits per heavy atom. The third-order valence-electron chi connectivity index (χ3n) is 4.14. The predicted octanol–water partition coefficient (Wildman–Crippen LogP) is 1.92. The number of amides is 1. The van der Waals surface area contributed by atoms with E-state index in [9.17, 15) is 9.59 Å². The van der Waals surface area contributed by atoms with Gasteiger partial charge in [-0.25, -0.2) is 4.79 Å². The summed E-state index contributed by atoms with van der Waals surface area (Å²) in [7, 11) is 5.09. The molecule has 1 saturated heterocycles. The Labute approximate surface area is 165 Å². The van der Waals surface area contributed by atoms with Crippen molar-refractivity contribution in [3.8, 4) is 11.5 Å². The number of carboxylic acids is 1. The molecule has 0 saturated carbocycles. The van der Waals surface area contributed by atoms with Gasteiger partial charge in [-0.05, 0) is 36.9 Å². The SMILES string of the molecule is COc1cc(/C=C(\C=C\C(=O)O)C(=O)N2CCN(C)CC2)cc(OC)c1.Cl. The van der Waals surface area contributed by atoms with E-state index in [0.29, 0.717) is 35.7 Å². The van der Waals surface area contributed by atoms with Crippen LogP contribution in [0.25, 0.3) is 6.08 Å². The molecule has 0 radical (unpaired) electrons. The van der Waals surface area contributed by atoms with Crippen molar-refractivity contribution in [1.82, 2.24) is 9.80 Å². The zero-order valence-electron chi connectivity index (χ0n) is 15.7. The van der Waals surface area contributed by atoms with Crippen molar-refractivity contribution in [3.63, 3.8) is 0 Å². The van der Waals surface area contributed by atoms with E-state index in [1.165, 1.54) is 6.08 Å². The summed E-state index contributed by atoms with van der Waals surface area (Å²) in [6, 6.07) is 5.25. The third-order valence-corrected chi connectivity index (χ3v) is 4.14. The largest absolute Gasteiger partial charge is 0.497 e. The van der Waals surface area contributed by atoms with Gasteiger partial charge in [0.1, 0.15) is 11.5 Å². The van der Waals surface area contributed by atoms with Crippen LogP contribution in [-0.2, 0) is 9.59 Å². The van der Waals surface area contributed by atoms with E-state index >= 15 is 0 Å². The Bertz CT molecular complexity index is 703. The Balaban J connectivity index is 0.00000364. The number of benzene rings is 1. The average Bonchev–Trinajstić information content (AvgIpc) is 2.64. The van der Waals surface area contributed by atoms with Crippen molar-refractivity contribution in [2.75, 3.05) is 47.4 Å². The summed E-state index contributed by atoms with van der Waals surface area (Å²) in [6.45, 7) is 2.79. The Hall–Kier alpha value is -2.51. The van der Waals surface area contributed by atoms with Crippen LogP contribution in [0.1, 0.15) is 5.56 Å². The lowest BCUT2D eigenvalue weighted by molar-refractivity contribution is -0.131. The highest BCUT2D eigenvalue weighted by atomic mass is 35.5. The van der Waals surface area contributed by atoms with Gasteiger partial charge in [-0.3, -0.25) is 4.79 Å². The van der Waals surface area contributed by atoms with E-state index in [-0.39, 0.29) is 18.3 Å². The van der Waals surface area contributed by atoms with Crippen molar-refractivity contribution in [1.29, 1.82) is 0 Å². The zero-order chi connectivity index (χ0) is 19.1. The number of likely N-dealkylation sites (N-methyl/N-ethyl adjacent to an activating group) is 1. The fourth-order valence-corrected chi connectivity index (χ4v) is 2.63. The van der Waals surface area contributed by atoms with Gasteiger partial charge >= 0.3 is 5.97 Å². The van der Waals surface area contributed by atoms with Crippen LogP contribution in [0.5, 0.6) is 11.5 Å². The van der Waals surface area contributed by atoms with Crippen LogP contribution in [0.4, 0.5) is 0 Å². The van der Waals surface area contributed by atoms with Crippen molar-refractivity contribution < 1.29 is 24.2 Å². The molecule has 7 nitrogen and oxygen atoms in total. The number of carboxylic acid groups (broad SMARTS) is 1. The minimum Gasteiger partial charge on any atom is -0.497 e. The third kappa shape index (κ3) is 6.62. The monoisotopic (exact) mass is 396 g/mol. The lowest BCUT2D eigenvalue weighted by Gasteiger charge is -2.32. The summed E-state index contributed by atoms with van der Waals surface area (Å²) < 4.78 is 10.5. The molecular weight excluding hydrogens is 372 g/mol. The number of ether oxygens (including phenoxy) is 2. The van der Waals surface area contributed by atoms with Gasteiger partial charge in [0.2, 0.25) is 0 Å². The van der Waals surface area contributed by atoms with E-state index in [0.717, 1.165) is 19.2 Å². The molecule has 1 aliphatic rings. The van der Waals surface area contributed by atoms with Crippen molar-refractivity contribution in [2.24, 2.45) is 0 Å². The Morgan fingerprint density at radius 2 is 1.56 bits per heavy atom. The number of carbonyl (C=O) groups excluding carboxylic acids is 1. The molecule has 0 spiro atoms. The van der Waals surface area contributed by atoms with Gasteiger partial charge in [0.15, 0.2) is 0 Å². The molecule has 0 aliphatic carbocycles. The topological polar surface area (TPSA) is 79.3 Å². The van der Waals surface area contributed by atoms with Crippen LogP contribution < -0.4 is 9.47 Å². The summed E-state index contributed by atoms with van der Waals surface area (Å²) >= 11 is 0. The standard InChI is InChI=1S/C19H24N2O5.ClH/c1-20-6-8-21(9-7-20)19(24)15(4-5-18(22)23)10-14-11-16(25-2)13-17(12-14)26-3;/h4-5,10-13H,6-9H2,1-3H3,(H,22,23);1H/b5-4+,15-10+;. The molecule has 1 heterocycles. The highest BCUT2D eigenvalue weighted by Crippen LogP contribution is 2.24. The number of hydrogen-bond donors (Lipinski definition) is 1. The first-order valence-corrected chi connectivity index (χ1v) is 8.26. The van der Waals surface area contributed by atoms with E-state index < -0.39 is 5.97 Å². The molecule has 1 aliphatic heterocycles. The Kier molecular flexibility index (Phi) is 8.84. The molecule has 8 heteroatoms. The summed E-state index contributed by atoms with van der Waals surface area (Å²) in [5, 5.41) is 8.93. The number of carbonyl (C=O) groups is 2. The molecule has 0 unspecified atom stereocenters. The fourth-order valence-electron chi connectivity index (χ4n) is 2.63. The molecule has 0 aromatic heterocycles. The predicted molar refractivity (Wildman–Crippen MR) is 106 cm³/mol. The second kappa shape index (κ2) is 10.6. The molecule has 2 rings (SSSR count). The van der Waals surface area contributed by atoms with Gasteiger partial charge in [-0.2, -0.15) is 0 Å². The van der Waals surface area contributed by atoms with Crippen LogP contribution in [-0.4, -0.2) is 74.2 Å². The van der Waals surface area contributed by atoms with Crippen LogP contribution in [0.2, 0.25) is 0 Å². The number of hydrogen-bond acceptors (Lipinski definition) is 5. The number of piperazine rings is 1. The lowest BCUT2D eigenvalue weighted by Crippen LogP contribution is -2.47. The fraction of sp³-hybridized carbons (Fsp3) is 0.368. The first-order valence-electron chi connectivity index (χ1n) is 8.26.